The van der Waals surface area contributed by atoms with Crippen LogP contribution < -0.4 is 0 Å². The molecular formula is C11H12Br3NO3. The summed E-state index contributed by atoms with van der Waals surface area (Å²) in [5.41, 5.74) is -1.19. The average Bonchev–Trinajstić information content (AvgIpc) is 2.35. The molecule has 1 fully saturated rings. The molecule has 7 heteroatoms. The molecular weight excluding hydrogens is 434 g/mol. The minimum Gasteiger partial charge on any atom is -0.379 e. The number of morpholine rings is 1. The number of ketones is 1. The molecule has 100 valence electrons. The number of carbonyl (C=O) groups is 1. The number of nitrogens with zero attached hydrogens (tertiary/aromatic N) is 1. The Morgan fingerprint density at radius 3 is 2.56 bits per heavy atom. The Bertz CT molecular complexity index is 429. The number of Topliss-reactive ketones (excluding diaryl/α,β-unsaturated/α-hetero) is 1. The fraction of sp³-hybridized carbons (Fsp3) is 0.545. The van der Waals surface area contributed by atoms with Crippen molar-refractivity contribution in [2.75, 3.05) is 32.8 Å². The number of aliphatic hydroxyl groups is 1. The maximum absolute atomic E-state index is 11.7. The monoisotopic (exact) mass is 443 g/mol. The summed E-state index contributed by atoms with van der Waals surface area (Å²) in [6.07, 6.45) is 1.54. The first kappa shape index (κ1) is 14.9. The maximum atomic E-state index is 11.7. The zero-order valence-electron chi connectivity index (χ0n) is 9.46. The van der Waals surface area contributed by atoms with Crippen molar-refractivity contribution in [2.45, 2.75) is 5.60 Å². The summed E-state index contributed by atoms with van der Waals surface area (Å²) < 4.78 is 6.46. The van der Waals surface area contributed by atoms with Gasteiger partial charge < -0.3 is 9.84 Å². The van der Waals surface area contributed by atoms with Gasteiger partial charge in [-0.1, -0.05) is 15.9 Å². The van der Waals surface area contributed by atoms with Crippen LogP contribution in [-0.4, -0.2) is 54.2 Å². The highest BCUT2D eigenvalue weighted by molar-refractivity contribution is 9.14. The molecule has 0 spiro atoms. The number of ether oxygens (including phenoxy) is 1. The third kappa shape index (κ3) is 2.96. The van der Waals surface area contributed by atoms with E-state index >= 15 is 0 Å². The number of carbonyl (C=O) groups excluding carboxylic acids is 1. The third-order valence-electron chi connectivity index (χ3n) is 2.92. The van der Waals surface area contributed by atoms with Crippen LogP contribution in [-0.2, 0) is 9.53 Å². The molecule has 0 aromatic rings. The summed E-state index contributed by atoms with van der Waals surface area (Å²) in [7, 11) is 0. The molecule has 1 aliphatic carbocycles. The van der Waals surface area contributed by atoms with Gasteiger partial charge in [-0.05, 0) is 37.9 Å². The lowest BCUT2D eigenvalue weighted by Gasteiger charge is -2.36. The molecule has 18 heavy (non-hydrogen) atoms. The lowest BCUT2D eigenvalue weighted by Crippen LogP contribution is -2.48. The van der Waals surface area contributed by atoms with Gasteiger partial charge >= 0.3 is 0 Å². The molecule has 2 aliphatic rings. The first-order chi connectivity index (χ1) is 8.44. The highest BCUT2D eigenvalue weighted by Crippen LogP contribution is 2.39. The predicted octanol–water partition coefficient (Wildman–Crippen LogP) is 1.91. The molecule has 1 aliphatic heterocycles. The lowest BCUT2D eigenvalue weighted by atomic mass is 9.96. The van der Waals surface area contributed by atoms with E-state index < -0.39 is 5.60 Å². The number of rotatable bonds is 2. The van der Waals surface area contributed by atoms with Crippen molar-refractivity contribution in [2.24, 2.45) is 0 Å². The Balaban J connectivity index is 2.21. The number of β-amino-alcohol motifs (C(OH)–C–C–N with tert-alkyl or cyclic N) is 1. The van der Waals surface area contributed by atoms with Crippen molar-refractivity contribution in [3.63, 3.8) is 0 Å². The van der Waals surface area contributed by atoms with Crippen LogP contribution in [0.25, 0.3) is 0 Å². The van der Waals surface area contributed by atoms with Gasteiger partial charge in [0, 0.05) is 19.6 Å². The van der Waals surface area contributed by atoms with Gasteiger partial charge in [-0.3, -0.25) is 9.69 Å². The fourth-order valence-electron chi connectivity index (χ4n) is 1.95. The van der Waals surface area contributed by atoms with Gasteiger partial charge in [0.05, 0.1) is 26.7 Å². The van der Waals surface area contributed by atoms with Crippen molar-refractivity contribution >= 4 is 53.6 Å². The van der Waals surface area contributed by atoms with Gasteiger partial charge in [-0.15, -0.1) is 0 Å². The smallest absolute Gasteiger partial charge is 0.207 e. The minimum atomic E-state index is -1.19. The molecule has 4 nitrogen and oxygen atoms in total. The summed E-state index contributed by atoms with van der Waals surface area (Å²) in [6, 6.07) is 0. The number of hydrogen-bond donors (Lipinski definition) is 1. The molecule has 1 atom stereocenters. The Morgan fingerprint density at radius 1 is 1.33 bits per heavy atom. The van der Waals surface area contributed by atoms with Gasteiger partial charge in [0.25, 0.3) is 0 Å². The van der Waals surface area contributed by atoms with Crippen LogP contribution in [0.2, 0.25) is 0 Å². The number of allylic oxidation sites excluding steroid dienone is 2. The van der Waals surface area contributed by atoms with E-state index in [0.717, 1.165) is 13.1 Å². The number of hydrogen-bond acceptors (Lipinski definition) is 4. The summed E-state index contributed by atoms with van der Waals surface area (Å²) in [4.78, 5) is 13.8. The highest BCUT2D eigenvalue weighted by Gasteiger charge is 2.38. The van der Waals surface area contributed by atoms with Crippen LogP contribution in [0, 0.1) is 0 Å². The molecule has 0 radical (unpaired) electrons. The molecule has 0 amide bonds. The van der Waals surface area contributed by atoms with Crippen LogP contribution in [0.5, 0.6) is 0 Å². The van der Waals surface area contributed by atoms with Gasteiger partial charge in [-0.2, -0.15) is 0 Å². The van der Waals surface area contributed by atoms with E-state index in [1.807, 2.05) is 0 Å². The first-order valence-corrected chi connectivity index (χ1v) is 7.83. The van der Waals surface area contributed by atoms with E-state index in [-0.39, 0.29) is 5.78 Å². The van der Waals surface area contributed by atoms with Crippen LogP contribution >= 0.6 is 47.8 Å². The van der Waals surface area contributed by atoms with Crippen molar-refractivity contribution in [1.29, 1.82) is 0 Å². The van der Waals surface area contributed by atoms with Gasteiger partial charge in [-0.25, -0.2) is 0 Å². The molecule has 1 heterocycles. The molecule has 2 rings (SSSR count). The van der Waals surface area contributed by atoms with Crippen LogP contribution in [0.4, 0.5) is 0 Å². The van der Waals surface area contributed by atoms with E-state index in [2.05, 4.69) is 52.7 Å². The maximum Gasteiger partial charge on any atom is 0.207 e. The zero-order valence-corrected chi connectivity index (χ0v) is 14.2. The fourth-order valence-corrected chi connectivity index (χ4v) is 3.77. The van der Waals surface area contributed by atoms with Crippen LogP contribution in [0.1, 0.15) is 0 Å². The largest absolute Gasteiger partial charge is 0.379 e. The molecule has 0 bridgehead atoms. The van der Waals surface area contributed by atoms with Crippen molar-refractivity contribution in [1.82, 2.24) is 4.90 Å². The summed E-state index contributed by atoms with van der Waals surface area (Å²) in [6.45, 7) is 3.32. The standard InChI is InChI=1S/C11H12Br3NO3/c12-7-5-11(17,10(14)8(13)9(7)16)6-15-1-3-18-4-2-15/h5,17H,1-4,6H2. The second-order valence-electron chi connectivity index (χ2n) is 4.26. The van der Waals surface area contributed by atoms with Crippen LogP contribution in [0.15, 0.2) is 19.5 Å². The molecule has 1 unspecified atom stereocenters. The third-order valence-corrected chi connectivity index (χ3v) is 5.88. The summed E-state index contributed by atoms with van der Waals surface area (Å²) >= 11 is 9.70. The van der Waals surface area contributed by atoms with E-state index in [9.17, 15) is 9.90 Å². The summed E-state index contributed by atoms with van der Waals surface area (Å²) in [5, 5.41) is 10.7. The molecule has 0 saturated carbocycles. The van der Waals surface area contributed by atoms with Crippen molar-refractivity contribution in [3.8, 4) is 0 Å². The second kappa shape index (κ2) is 5.85. The van der Waals surface area contributed by atoms with Crippen LogP contribution in [0.3, 0.4) is 0 Å². The molecule has 0 aromatic carbocycles. The van der Waals surface area contributed by atoms with E-state index in [1.165, 1.54) is 0 Å². The highest BCUT2D eigenvalue weighted by atomic mass is 79.9. The van der Waals surface area contributed by atoms with Crippen molar-refractivity contribution < 1.29 is 14.6 Å². The quantitative estimate of drug-likeness (QED) is 0.705. The first-order valence-electron chi connectivity index (χ1n) is 5.45. The van der Waals surface area contributed by atoms with E-state index in [0.29, 0.717) is 33.2 Å². The van der Waals surface area contributed by atoms with Gasteiger partial charge in [0.2, 0.25) is 5.78 Å². The second-order valence-corrected chi connectivity index (χ2v) is 6.70. The molecule has 0 aromatic heterocycles. The normalized spacial score (nSPS) is 30.7. The number of halogens is 3. The Kier molecular flexibility index (Phi) is 4.83. The van der Waals surface area contributed by atoms with E-state index in [1.54, 1.807) is 6.08 Å². The summed E-state index contributed by atoms with van der Waals surface area (Å²) in [5.74, 6) is -0.173. The van der Waals surface area contributed by atoms with E-state index in [4.69, 9.17) is 4.74 Å². The van der Waals surface area contributed by atoms with Crippen molar-refractivity contribution in [3.05, 3.63) is 19.5 Å². The zero-order chi connectivity index (χ0) is 13.3. The average molecular weight is 446 g/mol. The Morgan fingerprint density at radius 2 is 1.94 bits per heavy atom. The topological polar surface area (TPSA) is 49.8 Å². The van der Waals surface area contributed by atoms with Gasteiger partial charge in [0.1, 0.15) is 5.60 Å². The lowest BCUT2D eigenvalue weighted by molar-refractivity contribution is -0.111. The predicted molar refractivity (Wildman–Crippen MR) is 79.1 cm³/mol. The molecule has 1 N–H and O–H groups in total. The Hall–Kier alpha value is 0.470. The molecule has 1 saturated heterocycles. The van der Waals surface area contributed by atoms with Gasteiger partial charge in [0.15, 0.2) is 0 Å². The Labute approximate surface area is 130 Å². The minimum absolute atomic E-state index is 0.173. The SMILES string of the molecule is O=C1C(Br)=CC(O)(CN2CCOCC2)C(Br)=C1Br.